The highest BCUT2D eigenvalue weighted by Crippen LogP contribution is 2.43. The SMILES string of the molecule is N#CC1=C2SCN(c3ccccc3F)CN2C(=O)C[C@H]1c1cccc(F)c1. The van der Waals surface area contributed by atoms with Gasteiger partial charge in [-0.1, -0.05) is 36.0 Å². The number of fused-ring (bicyclic) bond motifs is 1. The van der Waals surface area contributed by atoms with Gasteiger partial charge in [-0.25, -0.2) is 8.78 Å². The second kappa shape index (κ2) is 7.05. The highest BCUT2D eigenvalue weighted by atomic mass is 32.2. The molecular formula is C20H15F2N3OS. The van der Waals surface area contributed by atoms with Crippen molar-refractivity contribution in [3.8, 4) is 6.07 Å². The third-order valence-corrected chi connectivity index (χ3v) is 5.89. The third kappa shape index (κ3) is 3.17. The van der Waals surface area contributed by atoms with E-state index < -0.39 is 11.7 Å². The Hall–Kier alpha value is -2.85. The molecule has 2 heterocycles. The molecule has 4 rings (SSSR count). The van der Waals surface area contributed by atoms with Crippen molar-refractivity contribution in [1.82, 2.24) is 4.90 Å². The molecule has 0 aliphatic carbocycles. The molecule has 2 aliphatic rings. The lowest BCUT2D eigenvalue weighted by molar-refractivity contribution is -0.129. The molecule has 7 heteroatoms. The number of nitriles is 1. The second-order valence-corrected chi connectivity index (χ2v) is 7.30. The summed E-state index contributed by atoms with van der Waals surface area (Å²) in [5.41, 5.74) is 1.49. The Bertz CT molecular complexity index is 985. The van der Waals surface area contributed by atoms with E-state index in [9.17, 15) is 18.8 Å². The summed E-state index contributed by atoms with van der Waals surface area (Å²) in [5.74, 6) is -0.954. The number of rotatable bonds is 2. The summed E-state index contributed by atoms with van der Waals surface area (Å²) in [4.78, 5) is 16.1. The van der Waals surface area contributed by atoms with E-state index in [0.29, 0.717) is 27.7 Å². The molecule has 0 saturated carbocycles. The van der Waals surface area contributed by atoms with Gasteiger partial charge in [-0.05, 0) is 29.8 Å². The minimum Gasteiger partial charge on any atom is -0.341 e. The minimum absolute atomic E-state index is 0.0848. The first-order valence-electron chi connectivity index (χ1n) is 8.41. The van der Waals surface area contributed by atoms with E-state index in [4.69, 9.17) is 0 Å². The molecule has 1 atom stereocenters. The molecule has 1 saturated heterocycles. The van der Waals surface area contributed by atoms with Gasteiger partial charge in [0.25, 0.3) is 0 Å². The first-order valence-corrected chi connectivity index (χ1v) is 9.39. The Balaban J connectivity index is 1.69. The molecule has 0 spiro atoms. The summed E-state index contributed by atoms with van der Waals surface area (Å²) in [7, 11) is 0. The van der Waals surface area contributed by atoms with Gasteiger partial charge in [0.05, 0.1) is 34.9 Å². The van der Waals surface area contributed by atoms with E-state index in [2.05, 4.69) is 6.07 Å². The second-order valence-electron chi connectivity index (χ2n) is 6.37. The van der Waals surface area contributed by atoms with Gasteiger partial charge in [0.1, 0.15) is 11.6 Å². The van der Waals surface area contributed by atoms with Crippen LogP contribution in [0.1, 0.15) is 17.9 Å². The fourth-order valence-corrected chi connectivity index (χ4v) is 4.59. The summed E-state index contributed by atoms with van der Waals surface area (Å²) in [6.07, 6.45) is 0.0848. The van der Waals surface area contributed by atoms with Crippen LogP contribution in [0.15, 0.2) is 59.1 Å². The maximum absolute atomic E-state index is 14.1. The lowest BCUT2D eigenvalue weighted by Crippen LogP contribution is -2.47. The molecule has 0 radical (unpaired) electrons. The van der Waals surface area contributed by atoms with E-state index in [1.165, 1.54) is 34.9 Å². The van der Waals surface area contributed by atoms with E-state index in [1.54, 1.807) is 35.2 Å². The predicted octanol–water partition coefficient (Wildman–Crippen LogP) is 4.18. The Morgan fingerprint density at radius 2 is 1.96 bits per heavy atom. The van der Waals surface area contributed by atoms with Crippen molar-refractivity contribution in [2.75, 3.05) is 17.4 Å². The van der Waals surface area contributed by atoms with E-state index >= 15 is 0 Å². The molecule has 0 unspecified atom stereocenters. The zero-order valence-electron chi connectivity index (χ0n) is 14.2. The van der Waals surface area contributed by atoms with Gasteiger partial charge >= 0.3 is 0 Å². The van der Waals surface area contributed by atoms with Crippen LogP contribution < -0.4 is 4.90 Å². The molecular weight excluding hydrogens is 368 g/mol. The minimum atomic E-state index is -0.461. The topological polar surface area (TPSA) is 47.3 Å². The van der Waals surface area contributed by atoms with Crippen molar-refractivity contribution in [3.05, 3.63) is 76.3 Å². The summed E-state index contributed by atoms with van der Waals surface area (Å²) in [5, 5.41) is 10.3. The number of benzene rings is 2. The number of nitrogens with zero attached hydrogens (tertiary/aromatic N) is 3. The Kier molecular flexibility index (Phi) is 4.58. The molecule has 2 aromatic carbocycles. The number of carbonyl (C=O) groups is 1. The molecule has 2 aromatic rings. The van der Waals surface area contributed by atoms with Gasteiger partial charge in [-0.3, -0.25) is 9.69 Å². The number of hydrogen-bond donors (Lipinski definition) is 0. The first kappa shape index (κ1) is 17.6. The molecule has 2 aliphatic heterocycles. The largest absolute Gasteiger partial charge is 0.341 e. The van der Waals surface area contributed by atoms with Crippen LogP contribution in [0.4, 0.5) is 14.5 Å². The lowest BCUT2D eigenvalue weighted by atomic mass is 9.86. The van der Waals surface area contributed by atoms with Crippen molar-refractivity contribution < 1.29 is 13.6 Å². The predicted molar refractivity (Wildman–Crippen MR) is 99.4 cm³/mol. The number of hydrogen-bond acceptors (Lipinski definition) is 4. The highest BCUT2D eigenvalue weighted by Gasteiger charge is 2.38. The molecule has 0 aromatic heterocycles. The quantitative estimate of drug-likeness (QED) is 0.780. The number of halogens is 2. The van der Waals surface area contributed by atoms with Crippen LogP contribution in [-0.2, 0) is 4.79 Å². The number of para-hydroxylation sites is 1. The zero-order valence-corrected chi connectivity index (χ0v) is 15.0. The van der Waals surface area contributed by atoms with Crippen LogP contribution in [0.3, 0.4) is 0 Å². The summed E-state index contributed by atoms with van der Waals surface area (Å²) < 4.78 is 27.7. The van der Waals surface area contributed by atoms with Gasteiger partial charge in [-0.2, -0.15) is 5.26 Å². The van der Waals surface area contributed by atoms with Crippen LogP contribution in [0.2, 0.25) is 0 Å². The Labute approximate surface area is 159 Å². The van der Waals surface area contributed by atoms with Gasteiger partial charge in [-0.15, -0.1) is 0 Å². The average molecular weight is 383 g/mol. The molecule has 4 nitrogen and oxygen atoms in total. The first-order chi connectivity index (χ1) is 13.1. The van der Waals surface area contributed by atoms with Gasteiger partial charge in [0.2, 0.25) is 5.91 Å². The van der Waals surface area contributed by atoms with Crippen LogP contribution in [0, 0.1) is 23.0 Å². The van der Waals surface area contributed by atoms with E-state index in [-0.39, 0.29) is 24.8 Å². The molecule has 136 valence electrons. The van der Waals surface area contributed by atoms with Crippen molar-refractivity contribution in [1.29, 1.82) is 5.26 Å². The van der Waals surface area contributed by atoms with Crippen LogP contribution in [-0.4, -0.2) is 23.4 Å². The smallest absolute Gasteiger partial charge is 0.229 e. The van der Waals surface area contributed by atoms with Crippen molar-refractivity contribution in [3.63, 3.8) is 0 Å². The summed E-state index contributed by atoms with van der Waals surface area (Å²) in [6, 6.07) is 14.6. The molecule has 27 heavy (non-hydrogen) atoms. The average Bonchev–Trinajstić information content (AvgIpc) is 2.68. The fraction of sp³-hybridized carbons (Fsp3) is 0.200. The fourth-order valence-electron chi connectivity index (χ4n) is 3.43. The van der Waals surface area contributed by atoms with Gasteiger partial charge in [0, 0.05) is 12.3 Å². The van der Waals surface area contributed by atoms with Crippen LogP contribution >= 0.6 is 11.8 Å². The summed E-state index contributed by atoms with van der Waals surface area (Å²) >= 11 is 1.33. The van der Waals surface area contributed by atoms with Gasteiger partial charge in [0.15, 0.2) is 0 Å². The third-order valence-electron chi connectivity index (χ3n) is 4.74. The Morgan fingerprint density at radius 1 is 1.15 bits per heavy atom. The Morgan fingerprint density at radius 3 is 2.70 bits per heavy atom. The van der Waals surface area contributed by atoms with Crippen LogP contribution in [0.5, 0.6) is 0 Å². The molecule has 1 amide bonds. The highest BCUT2D eigenvalue weighted by molar-refractivity contribution is 8.03. The maximum Gasteiger partial charge on any atom is 0.229 e. The summed E-state index contributed by atoms with van der Waals surface area (Å²) in [6.45, 7) is 0.184. The zero-order chi connectivity index (χ0) is 19.0. The lowest BCUT2D eigenvalue weighted by Gasteiger charge is -2.42. The van der Waals surface area contributed by atoms with Crippen molar-refractivity contribution in [2.45, 2.75) is 12.3 Å². The van der Waals surface area contributed by atoms with Crippen molar-refractivity contribution >= 4 is 23.4 Å². The number of thioether (sulfide) groups is 1. The van der Waals surface area contributed by atoms with Crippen LogP contribution in [0.25, 0.3) is 0 Å². The normalized spacial score (nSPS) is 19.7. The van der Waals surface area contributed by atoms with E-state index in [0.717, 1.165) is 0 Å². The van der Waals surface area contributed by atoms with Gasteiger partial charge < -0.3 is 4.90 Å². The van der Waals surface area contributed by atoms with E-state index in [1.807, 2.05) is 0 Å². The van der Waals surface area contributed by atoms with Crippen molar-refractivity contribution in [2.24, 2.45) is 0 Å². The number of anilines is 1. The maximum atomic E-state index is 14.1. The molecule has 0 N–H and O–H groups in total. The molecule has 1 fully saturated rings. The molecule has 0 bridgehead atoms. The number of allylic oxidation sites excluding steroid dienone is 1. The number of amides is 1. The monoisotopic (exact) mass is 383 g/mol. The standard InChI is InChI=1S/C20H15F2N3OS/c21-14-5-3-4-13(8-14)15-9-19(26)25-11-24(12-27-20(25)16(15)10-23)18-7-2-1-6-17(18)22/h1-8,15H,9,11-12H2/t15-/m0/s1. The number of carbonyl (C=O) groups excluding carboxylic acids is 1.